The molecule has 8 aromatic rings. The van der Waals surface area contributed by atoms with E-state index < -0.39 is 65.4 Å². The van der Waals surface area contributed by atoms with Crippen molar-refractivity contribution in [2.75, 3.05) is 112 Å². The first kappa shape index (κ1) is 83.8. The van der Waals surface area contributed by atoms with Crippen LogP contribution in [0.2, 0.25) is 10.0 Å². The van der Waals surface area contributed by atoms with Gasteiger partial charge >= 0.3 is 0 Å². The number of likely N-dealkylation sites (tertiary alicyclic amines) is 1. The Kier molecular flexibility index (Phi) is 29.2. The maximum absolute atomic E-state index is 14.5. The number of aliphatic imine (C=N–C) groups is 2. The van der Waals surface area contributed by atoms with Crippen molar-refractivity contribution in [1.82, 2.24) is 60.7 Å². The number of rotatable bonds is 38. The number of β-amino-alcohol motifs (C(OH)–C–C–N with tert-alkyl or cyclic N) is 1. The summed E-state index contributed by atoms with van der Waals surface area (Å²) in [5, 5.41) is 43.6. The summed E-state index contributed by atoms with van der Waals surface area (Å²) in [7, 11) is 0. The van der Waals surface area contributed by atoms with Crippen molar-refractivity contribution < 1.29 is 62.2 Å². The molecule has 32 heteroatoms. The number of fused-ring (bicyclic) bond motifs is 6. The molecule has 3 aliphatic rings. The zero-order chi connectivity index (χ0) is 79.1. The van der Waals surface area contributed by atoms with Crippen molar-refractivity contribution in [2.24, 2.45) is 20.8 Å². The van der Waals surface area contributed by atoms with Gasteiger partial charge in [-0.25, -0.2) is 4.98 Å². The average molecular weight is 1620 g/mol. The molecule has 594 valence electrons. The molecule has 0 spiro atoms. The van der Waals surface area contributed by atoms with Crippen LogP contribution in [0.15, 0.2) is 88.3 Å². The number of carbonyl (C=O) groups excluding carboxylic acids is 5. The highest BCUT2D eigenvalue weighted by atomic mass is 35.5. The Labute approximate surface area is 668 Å². The average Bonchev–Trinajstić information content (AvgIpc) is 1.60. The number of aryl methyl sites for hydroxylation is 5. The smallest absolute Gasteiger partial charge is 0.246 e. The lowest BCUT2D eigenvalue weighted by Gasteiger charge is -2.35. The minimum Gasteiger partial charge on any atom is -0.391 e. The van der Waals surface area contributed by atoms with E-state index in [1.54, 1.807) is 39.5 Å². The third-order valence-corrected chi connectivity index (χ3v) is 23.3. The highest BCUT2D eigenvalue weighted by Gasteiger charge is 2.45. The molecule has 1 fully saturated rings. The van der Waals surface area contributed by atoms with E-state index >= 15 is 0 Å². The van der Waals surface area contributed by atoms with E-state index in [-0.39, 0.29) is 143 Å². The third kappa shape index (κ3) is 21.4. The van der Waals surface area contributed by atoms with Crippen LogP contribution in [-0.4, -0.2) is 216 Å². The molecule has 0 aliphatic carbocycles. The minimum absolute atomic E-state index is 0.0167. The van der Waals surface area contributed by atoms with E-state index in [2.05, 4.69) is 74.3 Å². The minimum atomic E-state index is -1.08. The van der Waals surface area contributed by atoms with Gasteiger partial charge in [-0.1, -0.05) is 99.4 Å². The first-order chi connectivity index (χ1) is 53.2. The number of thiophene rings is 2. The fraction of sp³-hybridized carbons (Fsp3) is 0.494. The van der Waals surface area contributed by atoms with Crippen LogP contribution in [0.1, 0.15) is 137 Å². The molecule has 5 aromatic heterocycles. The number of aliphatic hydroxyl groups is 1. The molecular weight excluding hydrogens is 1520 g/mol. The van der Waals surface area contributed by atoms with Crippen LogP contribution < -0.4 is 21.3 Å². The fourth-order valence-electron chi connectivity index (χ4n) is 13.3. The van der Waals surface area contributed by atoms with E-state index in [0.29, 0.717) is 33.3 Å². The molecule has 5 atom stereocenters. The van der Waals surface area contributed by atoms with Crippen LogP contribution in [0.3, 0.4) is 0 Å². The van der Waals surface area contributed by atoms with Crippen molar-refractivity contribution in [3.8, 4) is 20.4 Å². The normalized spacial score (nSPS) is 16.4. The highest BCUT2D eigenvalue weighted by Crippen LogP contribution is 2.42. The summed E-state index contributed by atoms with van der Waals surface area (Å²) in [5.41, 5.74) is 10.5. The summed E-state index contributed by atoms with van der Waals surface area (Å²) in [5.74, 6) is 0.678. The standard InChI is InChI=1S/C79H98Cl2N14O13S3/c1-46-49(4)110-76-66(46)68(54-16-20-57(80)21-17-54)86-60(72-91-89-51(6)94(72)76)37-63(97)82-24-26-102-28-30-104-32-34-106-42-79(11,44-108-41-65(99)88-71(78(8,9)10)75(101)93-40-59(96)36-62(93)74(100)84-39-53-12-14-56(15-13-53)70-48(3)85-45-109-70)43-107-35-33-105-31-29-103-27-25-83-64(98)38-61-73-92-90-52(7)95(73)77-67(47(2)50(5)111-77)69(87-61)55-18-22-58(81)23-19-55/h12-23,45,59-62,71,96H,24-44H2,1-11H3,(H,82,97)(H,83,98)(H,84,100)(H,88,99)/t59-,60+,61+,62+,71-/m0/s1. The Morgan fingerprint density at radius 2 is 1.02 bits per heavy atom. The summed E-state index contributed by atoms with van der Waals surface area (Å²) >= 11 is 17.4. The zero-order valence-corrected chi connectivity index (χ0v) is 68.5. The lowest BCUT2D eigenvalue weighted by atomic mass is 9.85. The molecule has 111 heavy (non-hydrogen) atoms. The van der Waals surface area contributed by atoms with Crippen LogP contribution in [0.25, 0.3) is 20.4 Å². The van der Waals surface area contributed by atoms with Crippen LogP contribution in [-0.2, 0) is 63.7 Å². The van der Waals surface area contributed by atoms with Gasteiger partial charge in [0.25, 0.3) is 0 Å². The number of benzene rings is 3. The molecule has 5 N–H and O–H groups in total. The number of nitrogens with one attached hydrogen (secondary N) is 4. The van der Waals surface area contributed by atoms with Crippen molar-refractivity contribution in [2.45, 2.75) is 132 Å². The third-order valence-electron chi connectivity index (χ3n) is 19.4. The molecule has 0 unspecified atom stereocenters. The first-order valence-electron chi connectivity index (χ1n) is 37.1. The van der Waals surface area contributed by atoms with Crippen LogP contribution in [0.5, 0.6) is 0 Å². The van der Waals surface area contributed by atoms with Crippen molar-refractivity contribution in [3.05, 3.63) is 166 Å². The molecule has 8 heterocycles. The molecule has 0 saturated carbocycles. The number of halogens is 2. The van der Waals surface area contributed by atoms with E-state index in [1.165, 1.54) is 4.90 Å². The van der Waals surface area contributed by atoms with E-state index in [9.17, 15) is 29.1 Å². The summed E-state index contributed by atoms with van der Waals surface area (Å²) in [6, 6.07) is 19.6. The second kappa shape index (κ2) is 38.6. The number of aromatic nitrogens is 7. The number of nitrogens with zero attached hydrogens (tertiary/aromatic N) is 10. The van der Waals surface area contributed by atoms with E-state index in [4.69, 9.17) is 66.3 Å². The molecule has 3 aromatic carbocycles. The number of hydrogen-bond donors (Lipinski definition) is 5. The van der Waals surface area contributed by atoms with Gasteiger partial charge in [0.2, 0.25) is 29.5 Å². The van der Waals surface area contributed by atoms with Gasteiger partial charge < -0.3 is 64.4 Å². The van der Waals surface area contributed by atoms with Crippen molar-refractivity contribution in [3.63, 3.8) is 0 Å². The molecule has 11 rings (SSSR count). The van der Waals surface area contributed by atoms with Gasteiger partial charge in [0.1, 0.15) is 52.4 Å². The van der Waals surface area contributed by atoms with Crippen molar-refractivity contribution in [1.29, 1.82) is 0 Å². The summed E-state index contributed by atoms with van der Waals surface area (Å²) in [6.45, 7) is 24.4. The topological polar surface area (TPSA) is 321 Å². The SMILES string of the molecule is Cc1ncsc1-c1ccc(CNC(=O)[C@H]2C[C@H](O)CN2C(=O)[C@H](NC(=O)COCC(C)(COCCOCCOCCNC(=O)C[C@H]2N=C(c3ccc(Cl)cc3)c3c(sc(C)c3C)-n3c(C)nnc32)COCCOCCOCCNC(=O)C[C@H]2N=C(c3ccc(Cl)cc3)c3c(sc(C)c3C)-n3c(C)nnc32)C(C)(C)C)cc1. The van der Waals surface area contributed by atoms with Gasteiger partial charge in [-0.15, -0.1) is 54.4 Å². The van der Waals surface area contributed by atoms with Gasteiger partial charge in [0.15, 0.2) is 11.6 Å². The summed E-state index contributed by atoms with van der Waals surface area (Å²) in [6.07, 6.45) is -0.822. The number of thiazole rings is 1. The Morgan fingerprint density at radius 1 is 0.568 bits per heavy atom. The lowest BCUT2D eigenvalue weighted by Crippen LogP contribution is -2.58. The number of ether oxygens (including phenoxy) is 7. The number of carbonyl (C=O) groups is 5. The molecule has 5 amide bonds. The van der Waals surface area contributed by atoms with Gasteiger partial charge in [-0.3, -0.25) is 43.1 Å². The monoisotopic (exact) mass is 1620 g/mol. The van der Waals surface area contributed by atoms with Gasteiger partial charge in [0, 0.05) is 80.1 Å². The van der Waals surface area contributed by atoms with Crippen LogP contribution >= 0.6 is 57.2 Å². The first-order valence-corrected chi connectivity index (χ1v) is 40.4. The Morgan fingerprint density at radius 3 is 1.48 bits per heavy atom. The number of amides is 5. The Hall–Kier alpha value is -8.08. The van der Waals surface area contributed by atoms with Gasteiger partial charge in [0.05, 0.1) is 132 Å². The maximum atomic E-state index is 14.5. The molecular formula is C79H98Cl2N14O13S3. The van der Waals surface area contributed by atoms with Gasteiger partial charge in [-0.05, 0) is 100 Å². The number of aliphatic hydroxyl groups excluding tert-OH is 1. The second-order valence-electron chi connectivity index (χ2n) is 29.2. The van der Waals surface area contributed by atoms with Crippen molar-refractivity contribution >= 4 is 98.2 Å². The van der Waals surface area contributed by atoms with E-state index in [0.717, 1.165) is 86.3 Å². The molecule has 27 nitrogen and oxygen atoms in total. The zero-order valence-electron chi connectivity index (χ0n) is 64.5. The van der Waals surface area contributed by atoms with Crippen LogP contribution in [0, 0.1) is 59.3 Å². The summed E-state index contributed by atoms with van der Waals surface area (Å²) < 4.78 is 45.8. The predicted molar refractivity (Wildman–Crippen MR) is 427 cm³/mol. The Balaban J connectivity index is 0.622. The second-order valence-corrected chi connectivity index (χ2v) is 33.4. The largest absolute Gasteiger partial charge is 0.391 e. The molecule has 3 aliphatic heterocycles. The lowest BCUT2D eigenvalue weighted by molar-refractivity contribution is -0.145. The molecule has 0 radical (unpaired) electrons. The van der Waals surface area contributed by atoms with Crippen LogP contribution in [0.4, 0.5) is 0 Å². The number of hydrogen-bond acceptors (Lipinski definition) is 23. The summed E-state index contributed by atoms with van der Waals surface area (Å²) in [4.78, 5) is 88.7. The Bertz CT molecular complexity index is 4410. The maximum Gasteiger partial charge on any atom is 0.246 e. The molecule has 1 saturated heterocycles. The molecule has 0 bridgehead atoms. The fourth-order valence-corrected chi connectivity index (χ4v) is 16.8. The highest BCUT2D eigenvalue weighted by molar-refractivity contribution is 7.15. The van der Waals surface area contributed by atoms with E-state index in [1.807, 2.05) is 130 Å². The van der Waals surface area contributed by atoms with Gasteiger partial charge in [-0.2, -0.15) is 0 Å². The predicted octanol–water partition coefficient (Wildman–Crippen LogP) is 9.99. The quantitative estimate of drug-likeness (QED) is 0.0225.